The number of hydrogen-bond donors (Lipinski definition) is 1. The van der Waals surface area contributed by atoms with Crippen molar-refractivity contribution < 1.29 is 9.84 Å². The van der Waals surface area contributed by atoms with Crippen LogP contribution in [0.1, 0.15) is 51.0 Å². The lowest BCUT2D eigenvalue weighted by molar-refractivity contribution is -0.0632. The van der Waals surface area contributed by atoms with Crippen LogP contribution in [-0.4, -0.2) is 24.5 Å². The first-order valence-corrected chi connectivity index (χ1v) is 8.98. The Morgan fingerprint density at radius 1 is 1.17 bits per heavy atom. The van der Waals surface area contributed by atoms with Gasteiger partial charge in [-0.25, -0.2) is 0 Å². The van der Waals surface area contributed by atoms with Crippen LogP contribution < -0.4 is 4.74 Å². The Labute approximate surface area is 138 Å². The number of ether oxygens (including phenoxy) is 1. The van der Waals surface area contributed by atoms with Crippen LogP contribution in [0.2, 0.25) is 0 Å². The van der Waals surface area contributed by atoms with E-state index in [9.17, 15) is 5.11 Å². The molecule has 124 valence electrons. The van der Waals surface area contributed by atoms with Gasteiger partial charge in [0, 0.05) is 17.8 Å². The van der Waals surface area contributed by atoms with Crippen LogP contribution in [0, 0.1) is 23.2 Å². The van der Waals surface area contributed by atoms with Crippen LogP contribution in [0.15, 0.2) is 23.2 Å². The lowest BCUT2D eigenvalue weighted by atomic mass is 9.48. The Kier molecular flexibility index (Phi) is 3.62. The van der Waals surface area contributed by atoms with Crippen molar-refractivity contribution >= 4 is 6.21 Å². The Balaban J connectivity index is 1.52. The molecule has 1 aromatic carbocycles. The molecule has 0 aromatic heterocycles. The largest absolute Gasteiger partial charge is 0.507 e. The Morgan fingerprint density at radius 2 is 1.78 bits per heavy atom. The molecule has 0 heterocycles. The van der Waals surface area contributed by atoms with Gasteiger partial charge in [-0.05, 0) is 80.8 Å². The van der Waals surface area contributed by atoms with Crippen molar-refractivity contribution in [3.8, 4) is 11.5 Å². The molecule has 0 saturated heterocycles. The third kappa shape index (κ3) is 2.64. The first kappa shape index (κ1) is 15.0. The van der Waals surface area contributed by atoms with Crippen LogP contribution in [0.3, 0.4) is 0 Å². The maximum atomic E-state index is 10.1. The predicted molar refractivity (Wildman–Crippen MR) is 92.3 cm³/mol. The van der Waals surface area contributed by atoms with E-state index < -0.39 is 0 Å². The van der Waals surface area contributed by atoms with Gasteiger partial charge in [0.15, 0.2) is 0 Å². The molecule has 1 atom stereocenters. The highest BCUT2D eigenvalue weighted by molar-refractivity contribution is 5.83. The number of aliphatic imine (C=N–C) groups is 1. The van der Waals surface area contributed by atoms with E-state index in [0.29, 0.717) is 17.2 Å². The zero-order valence-corrected chi connectivity index (χ0v) is 14.2. The van der Waals surface area contributed by atoms with E-state index in [4.69, 9.17) is 9.73 Å². The third-order valence-electron chi connectivity index (χ3n) is 6.65. The Bertz CT molecular complexity index is 587. The van der Waals surface area contributed by atoms with Crippen LogP contribution in [-0.2, 0) is 0 Å². The fourth-order valence-corrected chi connectivity index (χ4v) is 5.80. The minimum absolute atomic E-state index is 0.241. The van der Waals surface area contributed by atoms with Gasteiger partial charge in [-0.15, -0.1) is 0 Å². The Hall–Kier alpha value is -1.51. The summed E-state index contributed by atoms with van der Waals surface area (Å²) in [5.41, 5.74) is 1.20. The average molecular weight is 313 g/mol. The van der Waals surface area contributed by atoms with Crippen molar-refractivity contribution in [2.24, 2.45) is 28.2 Å². The second-order valence-electron chi connectivity index (χ2n) is 8.16. The number of methoxy groups -OCH3 is 1. The van der Waals surface area contributed by atoms with Gasteiger partial charge in [-0.3, -0.25) is 4.99 Å². The fourth-order valence-electron chi connectivity index (χ4n) is 5.80. The van der Waals surface area contributed by atoms with E-state index >= 15 is 0 Å². The highest BCUT2D eigenvalue weighted by atomic mass is 16.5. The minimum Gasteiger partial charge on any atom is -0.507 e. The van der Waals surface area contributed by atoms with Crippen LogP contribution in [0.4, 0.5) is 0 Å². The summed E-state index contributed by atoms with van der Waals surface area (Å²) in [6.45, 7) is 2.28. The van der Waals surface area contributed by atoms with Crippen LogP contribution >= 0.6 is 0 Å². The zero-order valence-electron chi connectivity index (χ0n) is 14.2. The average Bonchev–Trinajstić information content (AvgIpc) is 2.52. The molecule has 1 aromatic rings. The predicted octanol–water partition coefficient (Wildman–Crippen LogP) is 4.42. The van der Waals surface area contributed by atoms with Gasteiger partial charge in [0.1, 0.15) is 11.5 Å². The van der Waals surface area contributed by atoms with Gasteiger partial charge in [0.25, 0.3) is 0 Å². The van der Waals surface area contributed by atoms with Crippen molar-refractivity contribution in [1.29, 1.82) is 0 Å². The van der Waals surface area contributed by atoms with E-state index in [1.807, 2.05) is 18.3 Å². The topological polar surface area (TPSA) is 41.8 Å². The molecule has 5 rings (SSSR count). The monoisotopic (exact) mass is 313 g/mol. The zero-order chi connectivity index (χ0) is 16.0. The quantitative estimate of drug-likeness (QED) is 0.836. The summed E-state index contributed by atoms with van der Waals surface area (Å²) in [6.07, 6.45) is 10.4. The second kappa shape index (κ2) is 5.54. The summed E-state index contributed by atoms with van der Waals surface area (Å²) in [6, 6.07) is 5.74. The van der Waals surface area contributed by atoms with Crippen LogP contribution in [0.5, 0.6) is 11.5 Å². The molecule has 4 saturated carbocycles. The van der Waals surface area contributed by atoms with Crippen molar-refractivity contribution in [1.82, 2.24) is 0 Å². The van der Waals surface area contributed by atoms with Gasteiger partial charge in [0.05, 0.1) is 13.2 Å². The maximum Gasteiger partial charge on any atom is 0.128 e. The van der Waals surface area contributed by atoms with Crippen molar-refractivity contribution in [3.05, 3.63) is 23.8 Å². The van der Waals surface area contributed by atoms with Gasteiger partial charge in [-0.2, -0.15) is 0 Å². The normalized spacial score (nSPS) is 36.5. The number of benzene rings is 1. The summed E-state index contributed by atoms with van der Waals surface area (Å²) in [5.74, 6) is 3.77. The number of phenols is 1. The molecule has 3 heteroatoms. The highest BCUT2D eigenvalue weighted by Crippen LogP contribution is 2.61. The van der Waals surface area contributed by atoms with Gasteiger partial charge in [0.2, 0.25) is 0 Å². The molecule has 0 aliphatic heterocycles. The number of phenolic OH excluding ortho intramolecular Hbond substituents is 1. The Morgan fingerprint density at radius 3 is 2.30 bits per heavy atom. The molecule has 1 N–H and O–H groups in total. The lowest BCUT2D eigenvalue weighted by Crippen LogP contribution is -2.50. The minimum atomic E-state index is 0.241. The molecule has 4 fully saturated rings. The molecule has 0 spiro atoms. The van der Waals surface area contributed by atoms with E-state index in [1.54, 1.807) is 13.2 Å². The molecule has 0 radical (unpaired) electrons. The molecule has 0 unspecified atom stereocenters. The summed E-state index contributed by atoms with van der Waals surface area (Å²) in [4.78, 5) is 4.87. The first-order chi connectivity index (χ1) is 11.1. The molecular formula is C20H27NO2. The molecule has 4 aliphatic carbocycles. The summed E-state index contributed by atoms with van der Waals surface area (Å²) in [7, 11) is 1.61. The van der Waals surface area contributed by atoms with E-state index in [0.717, 1.165) is 23.3 Å². The molecule has 3 nitrogen and oxygen atoms in total. The molecule has 23 heavy (non-hydrogen) atoms. The van der Waals surface area contributed by atoms with Gasteiger partial charge >= 0.3 is 0 Å². The summed E-state index contributed by atoms with van der Waals surface area (Å²) < 4.78 is 5.14. The molecule has 4 aliphatic rings. The smallest absolute Gasteiger partial charge is 0.128 e. The van der Waals surface area contributed by atoms with Crippen molar-refractivity contribution in [2.75, 3.05) is 7.11 Å². The molecule has 0 amide bonds. The SMILES string of the molecule is COc1ccc(C=N[C@H](C)C23CC4CC(CC(C4)C2)C3)c(O)c1. The standard InChI is InChI=1S/C20H27NO2/c1-13(21-12-17-3-4-18(23-2)8-19(17)22)20-9-14-5-15(10-20)7-16(6-14)11-20/h3-4,8,12-16,22H,5-7,9-11H2,1-2H3/t13-,14?,15?,16?,20?/m1/s1. The molecular weight excluding hydrogens is 286 g/mol. The second-order valence-corrected chi connectivity index (χ2v) is 8.16. The van der Waals surface area contributed by atoms with E-state index in [1.165, 1.54) is 38.5 Å². The van der Waals surface area contributed by atoms with Gasteiger partial charge in [-0.1, -0.05) is 0 Å². The third-order valence-corrected chi connectivity index (χ3v) is 6.65. The van der Waals surface area contributed by atoms with Crippen LogP contribution in [0.25, 0.3) is 0 Å². The number of rotatable bonds is 4. The lowest BCUT2D eigenvalue weighted by Gasteiger charge is -2.58. The first-order valence-electron chi connectivity index (χ1n) is 8.98. The number of nitrogens with zero attached hydrogens (tertiary/aromatic N) is 1. The summed E-state index contributed by atoms with van der Waals surface area (Å²) in [5, 5.41) is 10.1. The number of hydrogen-bond acceptors (Lipinski definition) is 3. The number of aromatic hydroxyl groups is 1. The molecule has 4 bridgehead atoms. The van der Waals surface area contributed by atoms with E-state index in [2.05, 4.69) is 6.92 Å². The van der Waals surface area contributed by atoms with Crippen molar-refractivity contribution in [2.45, 2.75) is 51.5 Å². The highest BCUT2D eigenvalue weighted by Gasteiger charge is 2.53. The fraction of sp³-hybridized carbons (Fsp3) is 0.650. The summed E-state index contributed by atoms with van der Waals surface area (Å²) >= 11 is 0. The maximum absolute atomic E-state index is 10.1. The van der Waals surface area contributed by atoms with Crippen molar-refractivity contribution in [3.63, 3.8) is 0 Å². The van der Waals surface area contributed by atoms with E-state index in [-0.39, 0.29) is 5.75 Å². The van der Waals surface area contributed by atoms with Gasteiger partial charge < -0.3 is 9.84 Å².